The number of likely N-dealkylation sites (tertiary alicyclic amines) is 1. The van der Waals surface area contributed by atoms with E-state index in [0.29, 0.717) is 34.7 Å². The predicted molar refractivity (Wildman–Crippen MR) is 146 cm³/mol. The molecule has 0 amide bonds. The van der Waals surface area contributed by atoms with Crippen molar-refractivity contribution in [2.24, 2.45) is 5.84 Å². The Labute approximate surface area is 222 Å². The predicted octanol–water partition coefficient (Wildman–Crippen LogP) is 4.19. The summed E-state index contributed by atoms with van der Waals surface area (Å²) >= 11 is 6.65. The first-order chi connectivity index (χ1) is 17.7. The fourth-order valence-electron chi connectivity index (χ4n) is 5.31. The molecule has 2 heterocycles. The second-order valence-corrected chi connectivity index (χ2v) is 10.1. The molecule has 4 rings (SSSR count). The van der Waals surface area contributed by atoms with Crippen LogP contribution in [-0.4, -0.2) is 53.0 Å². The lowest BCUT2D eigenvalue weighted by atomic mass is 9.84. The van der Waals surface area contributed by atoms with E-state index in [9.17, 15) is 9.90 Å². The van der Waals surface area contributed by atoms with E-state index in [1.54, 1.807) is 14.2 Å². The van der Waals surface area contributed by atoms with Crippen molar-refractivity contribution in [1.29, 1.82) is 0 Å². The number of carboxylic acids is 1. The normalized spacial score (nSPS) is 16.9. The second-order valence-electron chi connectivity index (χ2n) is 9.68. The lowest BCUT2D eigenvalue weighted by Crippen LogP contribution is -2.36. The van der Waals surface area contributed by atoms with Crippen LogP contribution in [0, 0.1) is 6.92 Å². The van der Waals surface area contributed by atoms with Gasteiger partial charge in [-0.05, 0) is 66.8 Å². The van der Waals surface area contributed by atoms with Gasteiger partial charge in [0.05, 0.1) is 25.3 Å². The van der Waals surface area contributed by atoms with Crippen LogP contribution in [0.5, 0.6) is 5.75 Å². The molecule has 10 heteroatoms. The molecule has 198 valence electrons. The minimum Gasteiger partial charge on any atom is -0.494 e. The summed E-state index contributed by atoms with van der Waals surface area (Å²) in [6.45, 7) is 4.40. The van der Waals surface area contributed by atoms with Crippen molar-refractivity contribution < 1.29 is 14.6 Å². The number of hydrogen-bond acceptors (Lipinski definition) is 7. The van der Waals surface area contributed by atoms with Crippen LogP contribution in [0.4, 0.5) is 11.4 Å². The number of piperidine rings is 1. The zero-order chi connectivity index (χ0) is 26.7. The number of benzene rings is 2. The summed E-state index contributed by atoms with van der Waals surface area (Å²) in [5, 5.41) is 16.3. The minimum absolute atomic E-state index is 0.104. The van der Waals surface area contributed by atoms with Gasteiger partial charge in [0.15, 0.2) is 0 Å². The Balaban J connectivity index is 1.68. The number of carboxylic acid groups (broad SMARTS) is 1. The van der Waals surface area contributed by atoms with Crippen LogP contribution < -0.4 is 21.3 Å². The number of ether oxygens (including phenoxy) is 1. The maximum absolute atomic E-state index is 12.0. The topological polar surface area (TPSA) is 123 Å². The highest BCUT2D eigenvalue weighted by Gasteiger charge is 2.27. The summed E-state index contributed by atoms with van der Waals surface area (Å²) in [5.74, 6) is 5.14. The lowest BCUT2D eigenvalue weighted by molar-refractivity contribution is -0.137. The van der Waals surface area contributed by atoms with Gasteiger partial charge in [-0.1, -0.05) is 23.7 Å². The van der Waals surface area contributed by atoms with Gasteiger partial charge in [0.25, 0.3) is 0 Å². The summed E-state index contributed by atoms with van der Waals surface area (Å²) < 4.78 is 7.60. The van der Waals surface area contributed by atoms with E-state index in [1.807, 2.05) is 54.3 Å². The summed E-state index contributed by atoms with van der Waals surface area (Å²) in [7, 11) is 3.23. The number of nitrogens with zero attached hydrogens (tertiary/aromatic N) is 4. The first-order valence-corrected chi connectivity index (χ1v) is 12.7. The number of halogens is 1. The summed E-state index contributed by atoms with van der Waals surface area (Å²) in [6.07, 6.45) is 5.87. The molecule has 0 saturated carbocycles. The van der Waals surface area contributed by atoms with Gasteiger partial charge in [0.1, 0.15) is 11.4 Å². The van der Waals surface area contributed by atoms with E-state index in [-0.39, 0.29) is 6.42 Å². The summed E-state index contributed by atoms with van der Waals surface area (Å²) in [4.78, 5) is 14.3. The van der Waals surface area contributed by atoms with Crippen molar-refractivity contribution in [2.75, 3.05) is 38.0 Å². The van der Waals surface area contributed by atoms with Gasteiger partial charge in [-0.15, -0.1) is 0 Å². The number of rotatable bonds is 9. The lowest BCUT2D eigenvalue weighted by Gasteiger charge is -2.33. The molecule has 2 unspecified atom stereocenters. The third kappa shape index (κ3) is 5.84. The fourth-order valence-corrected chi connectivity index (χ4v) is 5.49. The van der Waals surface area contributed by atoms with Gasteiger partial charge in [0.2, 0.25) is 0 Å². The van der Waals surface area contributed by atoms with E-state index >= 15 is 0 Å². The van der Waals surface area contributed by atoms with Crippen molar-refractivity contribution in [3.8, 4) is 5.75 Å². The van der Waals surface area contributed by atoms with Crippen molar-refractivity contribution in [3.05, 3.63) is 70.0 Å². The molecule has 9 nitrogen and oxygen atoms in total. The number of anilines is 2. The zero-order valence-electron chi connectivity index (χ0n) is 21.5. The first kappa shape index (κ1) is 26.8. The largest absolute Gasteiger partial charge is 0.494 e. The van der Waals surface area contributed by atoms with E-state index in [2.05, 4.69) is 10.00 Å². The SMILES string of the molecule is COc1cc(C(CC(=O)O)c2ccc(Cl)c(CN3CCCC(n4cccn4)C3)c2)c(C)c(N)c1N(C)N. The van der Waals surface area contributed by atoms with Crippen LogP contribution in [0.1, 0.15) is 53.5 Å². The molecule has 0 bridgehead atoms. The van der Waals surface area contributed by atoms with Crippen LogP contribution in [0.15, 0.2) is 42.7 Å². The average Bonchev–Trinajstić information content (AvgIpc) is 3.41. The molecule has 2 atom stereocenters. The van der Waals surface area contributed by atoms with Crippen LogP contribution in [0.2, 0.25) is 5.02 Å². The molecule has 1 aliphatic rings. The van der Waals surface area contributed by atoms with Crippen molar-refractivity contribution in [1.82, 2.24) is 14.7 Å². The molecule has 1 fully saturated rings. The molecular formula is C27H35ClN6O3. The number of methoxy groups -OCH3 is 1. The van der Waals surface area contributed by atoms with Gasteiger partial charge in [-0.3, -0.25) is 14.4 Å². The zero-order valence-corrected chi connectivity index (χ0v) is 22.3. The van der Waals surface area contributed by atoms with Crippen molar-refractivity contribution >= 4 is 28.9 Å². The monoisotopic (exact) mass is 526 g/mol. The third-order valence-electron chi connectivity index (χ3n) is 7.18. The molecule has 2 aromatic carbocycles. The number of hydrazine groups is 1. The smallest absolute Gasteiger partial charge is 0.304 e. The molecule has 5 N–H and O–H groups in total. The van der Waals surface area contributed by atoms with Crippen LogP contribution in [-0.2, 0) is 11.3 Å². The van der Waals surface area contributed by atoms with Crippen molar-refractivity contribution in [3.63, 3.8) is 0 Å². The average molecular weight is 527 g/mol. The highest BCUT2D eigenvalue weighted by atomic mass is 35.5. The molecule has 1 aliphatic heterocycles. The third-order valence-corrected chi connectivity index (χ3v) is 7.55. The summed E-state index contributed by atoms with van der Waals surface area (Å²) in [5.41, 5.74) is 10.9. The van der Waals surface area contributed by atoms with E-state index in [0.717, 1.165) is 48.2 Å². The first-order valence-electron chi connectivity index (χ1n) is 12.4. The second kappa shape index (κ2) is 11.4. The molecule has 3 aromatic rings. The standard InChI is InChI=1S/C27H35ClN6O3/c1-17-21(13-24(37-3)27(26(17)29)32(2)30)22(14-25(35)36)18-7-8-23(28)19(12-18)15-33-10-4-6-20(16-33)34-11-5-9-31-34/h5,7-9,11-13,20,22H,4,6,10,14-16,29-30H2,1-3H3,(H,35,36). The van der Waals surface area contributed by atoms with Gasteiger partial charge in [-0.25, -0.2) is 5.84 Å². The minimum atomic E-state index is -0.906. The Morgan fingerprint density at radius 3 is 2.81 bits per heavy atom. The fraction of sp³-hybridized carbons (Fsp3) is 0.407. The number of aliphatic carboxylic acids is 1. The van der Waals surface area contributed by atoms with E-state index in [1.165, 1.54) is 5.01 Å². The van der Waals surface area contributed by atoms with Crippen LogP contribution in [0.25, 0.3) is 0 Å². The molecule has 1 aromatic heterocycles. The Kier molecular flexibility index (Phi) is 8.26. The van der Waals surface area contributed by atoms with Gasteiger partial charge >= 0.3 is 5.97 Å². The van der Waals surface area contributed by atoms with E-state index < -0.39 is 11.9 Å². The maximum Gasteiger partial charge on any atom is 0.304 e. The number of carbonyl (C=O) groups is 1. The van der Waals surface area contributed by atoms with Crippen molar-refractivity contribution in [2.45, 2.75) is 44.7 Å². The highest BCUT2D eigenvalue weighted by molar-refractivity contribution is 6.31. The van der Waals surface area contributed by atoms with Gasteiger partial charge in [0, 0.05) is 43.5 Å². The van der Waals surface area contributed by atoms with Crippen LogP contribution >= 0.6 is 11.6 Å². The van der Waals surface area contributed by atoms with E-state index in [4.69, 9.17) is 27.9 Å². The Morgan fingerprint density at radius 2 is 2.16 bits per heavy atom. The molecule has 0 radical (unpaired) electrons. The molecule has 0 spiro atoms. The maximum atomic E-state index is 12.0. The van der Waals surface area contributed by atoms with Gasteiger partial charge < -0.3 is 20.6 Å². The Bertz CT molecular complexity index is 1250. The number of nitrogen functional groups attached to an aromatic ring is 1. The Hall–Kier alpha value is -3.27. The van der Waals surface area contributed by atoms with Crippen LogP contribution in [0.3, 0.4) is 0 Å². The highest BCUT2D eigenvalue weighted by Crippen LogP contribution is 2.42. The quantitative estimate of drug-likeness (QED) is 0.215. The number of nitrogens with two attached hydrogens (primary N) is 2. The Morgan fingerprint density at radius 1 is 1.38 bits per heavy atom. The molecule has 37 heavy (non-hydrogen) atoms. The number of aromatic nitrogens is 2. The molecule has 1 saturated heterocycles. The molecule has 0 aliphatic carbocycles. The summed E-state index contributed by atoms with van der Waals surface area (Å²) in [6, 6.07) is 9.89. The molecular weight excluding hydrogens is 492 g/mol. The van der Waals surface area contributed by atoms with Gasteiger partial charge in [-0.2, -0.15) is 5.10 Å². The number of hydrogen-bond donors (Lipinski definition) is 3.